The van der Waals surface area contributed by atoms with Gasteiger partial charge in [-0.15, -0.1) is 0 Å². The Balaban J connectivity index is 1.38. The maximum Gasteiger partial charge on any atom is 0.265 e. The molecule has 4 rings (SSSR count). The van der Waals surface area contributed by atoms with Crippen LogP contribution in [0.2, 0.25) is 0 Å². The first-order chi connectivity index (χ1) is 16.2. The topological polar surface area (TPSA) is 105 Å². The highest BCUT2D eigenvalue weighted by molar-refractivity contribution is 7.89. The lowest BCUT2D eigenvalue weighted by molar-refractivity contribution is -0.132. The van der Waals surface area contributed by atoms with E-state index in [2.05, 4.69) is 5.32 Å². The number of hydrogen-bond donors (Lipinski definition) is 1. The van der Waals surface area contributed by atoms with E-state index in [1.807, 2.05) is 24.3 Å². The van der Waals surface area contributed by atoms with Gasteiger partial charge in [0, 0.05) is 38.7 Å². The minimum absolute atomic E-state index is 0.0101. The summed E-state index contributed by atoms with van der Waals surface area (Å²) >= 11 is 0. The molecule has 2 aromatic carbocycles. The highest BCUT2D eigenvalue weighted by atomic mass is 32.2. The molecule has 0 aliphatic carbocycles. The molecule has 182 valence electrons. The van der Waals surface area contributed by atoms with E-state index < -0.39 is 16.1 Å². The third-order valence-corrected chi connectivity index (χ3v) is 8.24. The van der Waals surface area contributed by atoms with E-state index in [-0.39, 0.29) is 29.8 Å². The molecule has 2 amide bonds. The number of benzene rings is 2. The van der Waals surface area contributed by atoms with E-state index in [9.17, 15) is 18.0 Å². The number of aryl methyl sites for hydroxylation is 2. The van der Waals surface area contributed by atoms with Crippen LogP contribution in [0.1, 0.15) is 24.5 Å². The smallest absolute Gasteiger partial charge is 0.265 e. The van der Waals surface area contributed by atoms with Crippen molar-refractivity contribution in [2.24, 2.45) is 0 Å². The van der Waals surface area contributed by atoms with Gasteiger partial charge in [-0.05, 0) is 49.6 Å². The lowest BCUT2D eigenvalue weighted by Crippen LogP contribution is -2.50. The summed E-state index contributed by atoms with van der Waals surface area (Å²) in [5, 5.41) is 2.73. The molecule has 1 atom stereocenters. The number of rotatable bonds is 6. The van der Waals surface area contributed by atoms with Crippen molar-refractivity contribution in [3.63, 3.8) is 0 Å². The van der Waals surface area contributed by atoms with Crippen molar-refractivity contribution in [2.45, 2.75) is 37.7 Å². The van der Waals surface area contributed by atoms with Gasteiger partial charge in [0.05, 0.1) is 17.7 Å². The number of carbonyl (C=O) groups is 2. The number of nitrogens with zero attached hydrogens (tertiary/aromatic N) is 2. The molecule has 0 bridgehead atoms. The summed E-state index contributed by atoms with van der Waals surface area (Å²) in [6, 6.07) is 10.7. The number of ether oxygens (including phenoxy) is 2. The normalized spacial score (nSPS) is 18.6. The number of hydrogen-bond acceptors (Lipinski definition) is 6. The molecule has 2 aliphatic heterocycles. The minimum atomic E-state index is -3.78. The van der Waals surface area contributed by atoms with Gasteiger partial charge in [-0.25, -0.2) is 8.42 Å². The Hall–Kier alpha value is -3.11. The van der Waals surface area contributed by atoms with Crippen LogP contribution in [-0.2, 0) is 26.0 Å². The Morgan fingerprint density at radius 3 is 2.47 bits per heavy atom. The van der Waals surface area contributed by atoms with Crippen LogP contribution in [0.15, 0.2) is 41.3 Å². The van der Waals surface area contributed by atoms with Crippen molar-refractivity contribution >= 4 is 27.5 Å². The van der Waals surface area contributed by atoms with Crippen LogP contribution in [-0.4, -0.2) is 68.8 Å². The summed E-state index contributed by atoms with van der Waals surface area (Å²) in [7, 11) is -2.17. The molecular formula is C24H29N3O6S. The van der Waals surface area contributed by atoms with E-state index in [4.69, 9.17) is 9.47 Å². The van der Waals surface area contributed by atoms with Gasteiger partial charge in [-0.3, -0.25) is 9.59 Å². The first-order valence-electron chi connectivity index (χ1n) is 11.2. The highest BCUT2D eigenvalue weighted by Gasteiger charge is 2.33. The molecular weight excluding hydrogens is 458 g/mol. The molecule has 0 aromatic heterocycles. The molecule has 1 fully saturated rings. The predicted octanol–water partition coefficient (Wildman–Crippen LogP) is 2.19. The number of piperazine rings is 1. The second kappa shape index (κ2) is 9.63. The Morgan fingerprint density at radius 1 is 1.15 bits per heavy atom. The van der Waals surface area contributed by atoms with Crippen molar-refractivity contribution in [1.82, 2.24) is 9.21 Å². The van der Waals surface area contributed by atoms with Gasteiger partial charge in [-0.1, -0.05) is 12.1 Å². The van der Waals surface area contributed by atoms with Crippen LogP contribution in [0.4, 0.5) is 5.69 Å². The number of nitrogens with one attached hydrogen (secondary N) is 1. The number of amides is 2. The summed E-state index contributed by atoms with van der Waals surface area (Å²) < 4.78 is 38.8. The average Bonchev–Trinajstić information content (AvgIpc) is 2.83. The van der Waals surface area contributed by atoms with Crippen molar-refractivity contribution in [3.05, 3.63) is 47.5 Å². The summed E-state index contributed by atoms with van der Waals surface area (Å²) in [6.07, 6.45) is 0.285. The first-order valence-corrected chi connectivity index (χ1v) is 12.7. The number of methoxy groups -OCH3 is 1. The Morgan fingerprint density at radius 2 is 1.82 bits per heavy atom. The predicted molar refractivity (Wildman–Crippen MR) is 127 cm³/mol. The molecule has 0 radical (unpaired) electrons. The van der Waals surface area contributed by atoms with Gasteiger partial charge >= 0.3 is 0 Å². The Bertz CT molecular complexity index is 1190. The van der Waals surface area contributed by atoms with Gasteiger partial charge in [0.2, 0.25) is 15.9 Å². The highest BCUT2D eigenvalue weighted by Crippen LogP contribution is 2.35. The number of anilines is 1. The van der Waals surface area contributed by atoms with Crippen LogP contribution >= 0.6 is 0 Å². The summed E-state index contributed by atoms with van der Waals surface area (Å²) in [5.41, 5.74) is 2.04. The van der Waals surface area contributed by atoms with Crippen molar-refractivity contribution in [1.29, 1.82) is 0 Å². The van der Waals surface area contributed by atoms with E-state index in [0.29, 0.717) is 42.9 Å². The zero-order valence-corrected chi connectivity index (χ0v) is 20.4. The number of carbonyl (C=O) groups excluding carboxylic acids is 2. The summed E-state index contributed by atoms with van der Waals surface area (Å²) in [5.74, 6) is 0.849. The maximum absolute atomic E-state index is 13.3. The molecule has 1 saturated heterocycles. The summed E-state index contributed by atoms with van der Waals surface area (Å²) in [6.45, 7) is 4.43. The fraction of sp³-hybridized carbons (Fsp3) is 0.417. The van der Waals surface area contributed by atoms with E-state index in [1.165, 1.54) is 10.4 Å². The molecule has 10 heteroatoms. The zero-order chi connectivity index (χ0) is 24.5. The van der Waals surface area contributed by atoms with Crippen LogP contribution in [0.25, 0.3) is 0 Å². The van der Waals surface area contributed by atoms with E-state index >= 15 is 0 Å². The van der Waals surface area contributed by atoms with Gasteiger partial charge < -0.3 is 19.7 Å². The number of fused-ring (bicyclic) bond motifs is 1. The minimum Gasteiger partial charge on any atom is -0.497 e. The molecule has 0 saturated carbocycles. The van der Waals surface area contributed by atoms with E-state index in [0.717, 1.165) is 11.3 Å². The van der Waals surface area contributed by atoms with Crippen molar-refractivity contribution in [2.75, 3.05) is 38.6 Å². The molecule has 2 aliphatic rings. The lowest BCUT2D eigenvalue weighted by Gasteiger charge is -2.34. The summed E-state index contributed by atoms with van der Waals surface area (Å²) in [4.78, 5) is 26.4. The average molecular weight is 488 g/mol. The first kappa shape index (κ1) is 24.0. The maximum atomic E-state index is 13.3. The van der Waals surface area contributed by atoms with Crippen LogP contribution in [0, 0.1) is 6.92 Å². The molecule has 0 spiro atoms. The largest absolute Gasteiger partial charge is 0.497 e. The van der Waals surface area contributed by atoms with Crippen molar-refractivity contribution < 1.29 is 27.5 Å². The van der Waals surface area contributed by atoms with Crippen LogP contribution in [0.3, 0.4) is 0 Å². The third kappa shape index (κ3) is 4.88. The Kier molecular flexibility index (Phi) is 6.81. The third-order valence-electron chi connectivity index (χ3n) is 6.20. The zero-order valence-electron chi connectivity index (χ0n) is 19.5. The van der Waals surface area contributed by atoms with E-state index in [1.54, 1.807) is 31.9 Å². The molecule has 34 heavy (non-hydrogen) atoms. The molecule has 2 aromatic rings. The van der Waals surface area contributed by atoms with Gasteiger partial charge in [0.15, 0.2) is 6.10 Å². The van der Waals surface area contributed by atoms with Crippen LogP contribution < -0.4 is 14.8 Å². The lowest BCUT2D eigenvalue weighted by atomic mass is 10.1. The standard InChI is InChI=1S/C24H29N3O6S/c1-16-14-20-21(33-17(2)24(29)25-20)15-22(16)34(30,31)27-12-10-26(11-13-27)23(28)9-6-18-4-7-19(32-3)8-5-18/h4-5,7-8,14-15,17H,6,9-13H2,1-3H3,(H,25,29)/t17-/m0/s1. The molecule has 9 nitrogen and oxygen atoms in total. The van der Waals surface area contributed by atoms with Gasteiger partial charge in [-0.2, -0.15) is 4.31 Å². The second-order valence-electron chi connectivity index (χ2n) is 8.50. The van der Waals surface area contributed by atoms with Crippen molar-refractivity contribution in [3.8, 4) is 11.5 Å². The van der Waals surface area contributed by atoms with Gasteiger partial charge in [0.25, 0.3) is 5.91 Å². The fourth-order valence-electron chi connectivity index (χ4n) is 4.14. The second-order valence-corrected chi connectivity index (χ2v) is 10.4. The molecule has 2 heterocycles. The fourth-order valence-corrected chi connectivity index (χ4v) is 5.78. The molecule has 0 unspecified atom stereocenters. The SMILES string of the molecule is COc1ccc(CCC(=O)N2CCN(S(=O)(=O)c3cc4c(cc3C)NC(=O)[C@H](C)O4)CC2)cc1. The van der Waals surface area contributed by atoms with Gasteiger partial charge in [0.1, 0.15) is 11.5 Å². The monoisotopic (exact) mass is 487 g/mol. The quantitative estimate of drug-likeness (QED) is 0.670. The van der Waals surface area contributed by atoms with Crippen LogP contribution in [0.5, 0.6) is 11.5 Å². The Labute approximate surface area is 199 Å². The molecule has 1 N–H and O–H groups in total. The number of sulfonamides is 1.